The lowest BCUT2D eigenvalue weighted by atomic mass is 9.59. The Kier molecular flexibility index (Phi) is 8.24. The molecule has 2 unspecified atom stereocenters. The summed E-state index contributed by atoms with van der Waals surface area (Å²) in [5.74, 6) is 1.74. The molecule has 2 atom stereocenters. The quantitative estimate of drug-likeness (QED) is 0.372. The Morgan fingerprint density at radius 1 is 0.889 bits per heavy atom. The first-order valence-electron chi connectivity index (χ1n) is 12.1. The van der Waals surface area contributed by atoms with E-state index in [4.69, 9.17) is 0 Å². The lowest BCUT2D eigenvalue weighted by Crippen LogP contribution is -2.50. The average Bonchev–Trinajstić information content (AvgIpc) is 3.41. The Labute approximate surface area is 168 Å². The largest absolute Gasteiger partial charge is 0.302 e. The molecule has 1 nitrogen and oxygen atoms in total. The van der Waals surface area contributed by atoms with Crippen molar-refractivity contribution >= 4 is 0 Å². The number of likely N-dealkylation sites (tertiary alicyclic amines) is 1. The molecule has 152 valence electrons. The lowest BCUT2D eigenvalue weighted by molar-refractivity contribution is 0.0959. The molecule has 0 aromatic heterocycles. The van der Waals surface area contributed by atoms with Gasteiger partial charge < -0.3 is 4.90 Å². The topological polar surface area (TPSA) is 3.24 Å². The van der Waals surface area contributed by atoms with Crippen LogP contribution < -0.4 is 0 Å². The number of nitrogens with zero attached hydrogens (tertiary/aromatic N) is 1. The molecular weight excluding hydrogens is 326 g/mol. The number of hydrogen-bond acceptors (Lipinski definition) is 1. The second kappa shape index (κ2) is 10.6. The highest BCUT2D eigenvalue weighted by molar-refractivity contribution is 5.29. The summed E-state index contributed by atoms with van der Waals surface area (Å²) in [4.78, 5) is 2.83. The molecule has 0 radical (unpaired) electrons. The number of benzene rings is 1. The second-order valence-corrected chi connectivity index (χ2v) is 9.35. The van der Waals surface area contributed by atoms with Crippen LogP contribution in [0.2, 0.25) is 0 Å². The molecule has 1 aliphatic carbocycles. The SMILES string of the molecule is CCCCCC(CCC)C(CN1CCCC1)(c1ccccc1)C1CCCC1. The zero-order valence-corrected chi connectivity index (χ0v) is 18.1. The van der Waals surface area contributed by atoms with E-state index in [-0.39, 0.29) is 0 Å². The molecule has 1 aromatic rings. The van der Waals surface area contributed by atoms with Crippen LogP contribution in [0.1, 0.15) is 96.5 Å². The van der Waals surface area contributed by atoms with Crippen molar-refractivity contribution in [2.24, 2.45) is 11.8 Å². The van der Waals surface area contributed by atoms with E-state index in [1.165, 1.54) is 96.7 Å². The van der Waals surface area contributed by atoms with Gasteiger partial charge in [0.15, 0.2) is 0 Å². The molecule has 1 heterocycles. The van der Waals surface area contributed by atoms with Crippen LogP contribution >= 0.6 is 0 Å². The van der Waals surface area contributed by atoms with Gasteiger partial charge in [-0.2, -0.15) is 0 Å². The zero-order valence-electron chi connectivity index (χ0n) is 18.1. The van der Waals surface area contributed by atoms with E-state index in [0.29, 0.717) is 5.41 Å². The molecule has 1 saturated heterocycles. The van der Waals surface area contributed by atoms with Crippen LogP contribution in [0.15, 0.2) is 30.3 Å². The number of hydrogen-bond donors (Lipinski definition) is 0. The maximum atomic E-state index is 2.83. The van der Waals surface area contributed by atoms with Gasteiger partial charge in [-0.05, 0) is 69.0 Å². The van der Waals surface area contributed by atoms with Gasteiger partial charge in [0.05, 0.1) is 0 Å². The monoisotopic (exact) mass is 369 g/mol. The molecule has 2 fully saturated rings. The maximum Gasteiger partial charge on any atom is 0.0137 e. The maximum absolute atomic E-state index is 2.83. The van der Waals surface area contributed by atoms with Gasteiger partial charge in [-0.1, -0.05) is 82.7 Å². The third kappa shape index (κ3) is 4.97. The van der Waals surface area contributed by atoms with Crippen molar-refractivity contribution in [3.63, 3.8) is 0 Å². The predicted molar refractivity (Wildman–Crippen MR) is 118 cm³/mol. The molecule has 1 aliphatic heterocycles. The van der Waals surface area contributed by atoms with Crippen molar-refractivity contribution in [1.29, 1.82) is 0 Å². The summed E-state index contributed by atoms with van der Waals surface area (Å²) < 4.78 is 0. The molecule has 0 spiro atoms. The summed E-state index contributed by atoms with van der Waals surface area (Å²) in [6.07, 6.45) is 17.0. The minimum absolute atomic E-state index is 0.381. The Morgan fingerprint density at radius 2 is 1.59 bits per heavy atom. The third-order valence-electron chi connectivity index (χ3n) is 7.60. The Balaban J connectivity index is 1.99. The van der Waals surface area contributed by atoms with E-state index in [0.717, 1.165) is 11.8 Å². The van der Waals surface area contributed by atoms with Gasteiger partial charge in [-0.15, -0.1) is 0 Å². The van der Waals surface area contributed by atoms with E-state index in [9.17, 15) is 0 Å². The molecular formula is C26H43N. The van der Waals surface area contributed by atoms with Crippen LogP contribution in [0.4, 0.5) is 0 Å². The molecule has 0 N–H and O–H groups in total. The minimum atomic E-state index is 0.381. The van der Waals surface area contributed by atoms with Crippen molar-refractivity contribution in [3.05, 3.63) is 35.9 Å². The average molecular weight is 370 g/mol. The Bertz CT molecular complexity index is 512. The predicted octanol–water partition coefficient (Wildman–Crippen LogP) is 7.21. The third-order valence-corrected chi connectivity index (χ3v) is 7.60. The summed E-state index contributed by atoms with van der Waals surface area (Å²) >= 11 is 0. The molecule has 1 saturated carbocycles. The number of unbranched alkanes of at least 4 members (excludes halogenated alkanes) is 2. The summed E-state index contributed by atoms with van der Waals surface area (Å²) in [5.41, 5.74) is 2.05. The molecule has 1 heteroatoms. The highest BCUT2D eigenvalue weighted by Crippen LogP contribution is 2.51. The van der Waals surface area contributed by atoms with Crippen LogP contribution in [0.25, 0.3) is 0 Å². The van der Waals surface area contributed by atoms with E-state index < -0.39 is 0 Å². The van der Waals surface area contributed by atoms with Gasteiger partial charge in [0, 0.05) is 12.0 Å². The highest BCUT2D eigenvalue weighted by Gasteiger charge is 2.47. The van der Waals surface area contributed by atoms with Crippen LogP contribution in [-0.4, -0.2) is 24.5 Å². The van der Waals surface area contributed by atoms with Crippen molar-refractivity contribution in [1.82, 2.24) is 4.90 Å². The van der Waals surface area contributed by atoms with Crippen molar-refractivity contribution in [3.8, 4) is 0 Å². The zero-order chi connectivity index (χ0) is 19.0. The van der Waals surface area contributed by atoms with Gasteiger partial charge in [-0.3, -0.25) is 0 Å². The van der Waals surface area contributed by atoms with Gasteiger partial charge in [0.2, 0.25) is 0 Å². The Morgan fingerprint density at radius 3 is 2.22 bits per heavy atom. The normalized spacial score (nSPS) is 22.1. The highest BCUT2D eigenvalue weighted by atomic mass is 15.1. The minimum Gasteiger partial charge on any atom is -0.302 e. The van der Waals surface area contributed by atoms with Crippen molar-refractivity contribution < 1.29 is 0 Å². The fourth-order valence-electron chi connectivity index (χ4n) is 6.30. The first-order valence-corrected chi connectivity index (χ1v) is 12.1. The van der Waals surface area contributed by atoms with Gasteiger partial charge in [0.25, 0.3) is 0 Å². The van der Waals surface area contributed by atoms with Crippen molar-refractivity contribution in [2.45, 2.75) is 96.3 Å². The van der Waals surface area contributed by atoms with Gasteiger partial charge in [0.1, 0.15) is 0 Å². The number of rotatable bonds is 11. The first-order chi connectivity index (χ1) is 13.3. The standard InChI is InChI=1S/C26H43N/c1-3-5-7-15-23(14-4-2)26(25-18-10-11-19-25,22-27-20-12-13-21-27)24-16-8-6-9-17-24/h6,8-9,16-17,23,25H,3-5,7,10-15,18-22H2,1-2H3. The van der Waals surface area contributed by atoms with E-state index in [2.05, 4.69) is 49.1 Å². The summed E-state index contributed by atoms with van der Waals surface area (Å²) in [5, 5.41) is 0. The molecule has 3 rings (SSSR count). The van der Waals surface area contributed by atoms with E-state index in [1.54, 1.807) is 5.56 Å². The van der Waals surface area contributed by atoms with Crippen LogP contribution in [0, 0.1) is 11.8 Å². The van der Waals surface area contributed by atoms with Crippen LogP contribution in [-0.2, 0) is 5.41 Å². The second-order valence-electron chi connectivity index (χ2n) is 9.35. The van der Waals surface area contributed by atoms with Gasteiger partial charge >= 0.3 is 0 Å². The summed E-state index contributed by atoms with van der Waals surface area (Å²) in [7, 11) is 0. The molecule has 2 aliphatic rings. The van der Waals surface area contributed by atoms with E-state index >= 15 is 0 Å². The lowest BCUT2D eigenvalue weighted by Gasteiger charge is -2.49. The van der Waals surface area contributed by atoms with E-state index in [1.807, 2.05) is 0 Å². The molecule has 0 amide bonds. The first kappa shape index (κ1) is 20.9. The summed E-state index contributed by atoms with van der Waals surface area (Å²) in [6, 6.07) is 11.8. The molecule has 27 heavy (non-hydrogen) atoms. The molecule has 0 bridgehead atoms. The molecule has 1 aromatic carbocycles. The van der Waals surface area contributed by atoms with Crippen molar-refractivity contribution in [2.75, 3.05) is 19.6 Å². The summed E-state index contributed by atoms with van der Waals surface area (Å²) in [6.45, 7) is 8.73. The Hall–Kier alpha value is -0.820. The fraction of sp³-hybridized carbons (Fsp3) is 0.769. The van der Waals surface area contributed by atoms with Crippen LogP contribution in [0.3, 0.4) is 0 Å². The fourth-order valence-corrected chi connectivity index (χ4v) is 6.30. The smallest absolute Gasteiger partial charge is 0.0137 e. The van der Waals surface area contributed by atoms with Gasteiger partial charge in [-0.25, -0.2) is 0 Å². The van der Waals surface area contributed by atoms with Crippen LogP contribution in [0.5, 0.6) is 0 Å².